The van der Waals surface area contributed by atoms with Gasteiger partial charge >= 0.3 is 0 Å². The summed E-state index contributed by atoms with van der Waals surface area (Å²) < 4.78 is 32.2. The van der Waals surface area contributed by atoms with Crippen molar-refractivity contribution in [3.63, 3.8) is 0 Å². The van der Waals surface area contributed by atoms with Gasteiger partial charge < -0.3 is 9.84 Å². The van der Waals surface area contributed by atoms with Crippen LogP contribution in [-0.4, -0.2) is 32.8 Å². The number of aliphatic hydroxyl groups excluding tert-OH is 1. The second kappa shape index (κ2) is 8.24. The number of rotatable bonds is 9. The zero-order valence-electron chi connectivity index (χ0n) is 12.0. The van der Waals surface area contributed by atoms with Gasteiger partial charge in [-0.15, -0.1) is 0 Å². The molecule has 0 heterocycles. The first kappa shape index (κ1) is 16.9. The number of hydrogen-bond donors (Lipinski definition) is 2. The SMILES string of the molecule is CCCOc1ccc(S(=O)(=O)NC(C)CCCO)cc1. The number of hydrogen-bond acceptors (Lipinski definition) is 4. The van der Waals surface area contributed by atoms with E-state index in [2.05, 4.69) is 4.72 Å². The van der Waals surface area contributed by atoms with Crippen LogP contribution in [0.15, 0.2) is 29.2 Å². The number of nitrogens with one attached hydrogen (secondary N) is 1. The molecule has 6 heteroatoms. The highest BCUT2D eigenvalue weighted by molar-refractivity contribution is 7.89. The van der Waals surface area contributed by atoms with Gasteiger partial charge in [0.25, 0.3) is 0 Å². The average molecular weight is 301 g/mol. The number of sulfonamides is 1. The van der Waals surface area contributed by atoms with Crippen LogP contribution in [-0.2, 0) is 10.0 Å². The lowest BCUT2D eigenvalue weighted by atomic mass is 10.2. The Kier molecular flexibility index (Phi) is 6.98. The van der Waals surface area contributed by atoms with E-state index in [9.17, 15) is 8.42 Å². The van der Waals surface area contributed by atoms with Gasteiger partial charge in [0.2, 0.25) is 10.0 Å². The van der Waals surface area contributed by atoms with Gasteiger partial charge in [-0.3, -0.25) is 0 Å². The van der Waals surface area contributed by atoms with Crippen LogP contribution in [0.3, 0.4) is 0 Å². The van der Waals surface area contributed by atoms with Gasteiger partial charge in [-0.1, -0.05) is 6.92 Å². The second-order valence-electron chi connectivity index (χ2n) is 4.71. The molecule has 1 aromatic rings. The van der Waals surface area contributed by atoms with E-state index in [-0.39, 0.29) is 17.5 Å². The molecular weight excluding hydrogens is 278 g/mol. The molecule has 0 aromatic heterocycles. The summed E-state index contributed by atoms with van der Waals surface area (Å²) in [5, 5.41) is 8.74. The maximum Gasteiger partial charge on any atom is 0.240 e. The molecule has 1 aromatic carbocycles. The maximum atomic E-state index is 12.1. The molecule has 0 bridgehead atoms. The van der Waals surface area contributed by atoms with Crippen LogP contribution in [0.2, 0.25) is 0 Å². The number of benzene rings is 1. The fraction of sp³-hybridized carbons (Fsp3) is 0.571. The lowest BCUT2D eigenvalue weighted by Gasteiger charge is -2.14. The smallest absolute Gasteiger partial charge is 0.240 e. The summed E-state index contributed by atoms with van der Waals surface area (Å²) in [4.78, 5) is 0.220. The Hall–Kier alpha value is -1.11. The molecule has 114 valence electrons. The molecule has 0 aliphatic carbocycles. The van der Waals surface area contributed by atoms with Gasteiger partial charge in [0.1, 0.15) is 5.75 Å². The quantitative estimate of drug-likeness (QED) is 0.730. The molecule has 0 aliphatic rings. The van der Waals surface area contributed by atoms with Crippen molar-refractivity contribution in [3.8, 4) is 5.75 Å². The molecule has 0 saturated carbocycles. The third kappa shape index (κ3) is 5.48. The zero-order chi connectivity index (χ0) is 15.0. The minimum Gasteiger partial charge on any atom is -0.494 e. The van der Waals surface area contributed by atoms with Crippen molar-refractivity contribution in [1.29, 1.82) is 0 Å². The average Bonchev–Trinajstić information content (AvgIpc) is 2.43. The van der Waals surface area contributed by atoms with Gasteiger partial charge in [-0.25, -0.2) is 13.1 Å². The minimum atomic E-state index is -3.51. The van der Waals surface area contributed by atoms with E-state index in [4.69, 9.17) is 9.84 Å². The highest BCUT2D eigenvalue weighted by Crippen LogP contribution is 2.16. The molecule has 0 aliphatic heterocycles. The number of aliphatic hydroxyl groups is 1. The van der Waals surface area contributed by atoms with Crippen molar-refractivity contribution < 1.29 is 18.3 Å². The lowest BCUT2D eigenvalue weighted by Crippen LogP contribution is -2.32. The molecule has 5 nitrogen and oxygen atoms in total. The molecular formula is C14H23NO4S. The summed E-state index contributed by atoms with van der Waals surface area (Å²) in [6, 6.07) is 6.17. The molecule has 0 saturated heterocycles. The third-order valence-electron chi connectivity index (χ3n) is 2.76. The Morgan fingerprint density at radius 3 is 2.50 bits per heavy atom. The van der Waals surface area contributed by atoms with E-state index in [1.807, 2.05) is 6.92 Å². The van der Waals surface area contributed by atoms with E-state index in [1.165, 1.54) is 12.1 Å². The van der Waals surface area contributed by atoms with Crippen LogP contribution in [0, 0.1) is 0 Å². The maximum absolute atomic E-state index is 12.1. The number of ether oxygens (including phenoxy) is 1. The highest BCUT2D eigenvalue weighted by atomic mass is 32.2. The predicted octanol–water partition coefficient (Wildman–Crippen LogP) is 1.91. The van der Waals surface area contributed by atoms with Gasteiger partial charge in [-0.2, -0.15) is 0 Å². The van der Waals surface area contributed by atoms with Crippen molar-refractivity contribution >= 4 is 10.0 Å². The molecule has 1 atom stereocenters. The van der Waals surface area contributed by atoms with Crippen molar-refractivity contribution in [2.24, 2.45) is 0 Å². The summed E-state index contributed by atoms with van der Waals surface area (Å²) in [6.45, 7) is 4.47. The van der Waals surface area contributed by atoms with Crippen LogP contribution in [0.4, 0.5) is 0 Å². The van der Waals surface area contributed by atoms with Crippen LogP contribution in [0.25, 0.3) is 0 Å². The third-order valence-corrected chi connectivity index (χ3v) is 4.36. The standard InChI is InChI=1S/C14H23NO4S/c1-3-11-19-13-6-8-14(9-7-13)20(17,18)15-12(2)5-4-10-16/h6-9,12,15-16H,3-5,10-11H2,1-2H3. The van der Waals surface area contributed by atoms with Crippen LogP contribution in [0.1, 0.15) is 33.1 Å². The first-order chi connectivity index (χ1) is 9.49. The van der Waals surface area contributed by atoms with E-state index in [0.717, 1.165) is 6.42 Å². The zero-order valence-corrected chi connectivity index (χ0v) is 12.8. The first-order valence-electron chi connectivity index (χ1n) is 6.85. The van der Waals surface area contributed by atoms with E-state index in [0.29, 0.717) is 25.2 Å². The molecule has 0 amide bonds. The van der Waals surface area contributed by atoms with Crippen LogP contribution >= 0.6 is 0 Å². The molecule has 1 unspecified atom stereocenters. The molecule has 0 spiro atoms. The summed E-state index contributed by atoms with van der Waals surface area (Å²) in [5.74, 6) is 0.666. The Bertz CT molecular complexity index is 484. The van der Waals surface area contributed by atoms with Crippen molar-refractivity contribution in [2.45, 2.75) is 44.0 Å². The van der Waals surface area contributed by atoms with Gasteiger partial charge in [0.15, 0.2) is 0 Å². The Balaban J connectivity index is 2.67. The summed E-state index contributed by atoms with van der Waals surface area (Å²) in [6.07, 6.45) is 2.09. The summed E-state index contributed by atoms with van der Waals surface area (Å²) >= 11 is 0. The molecule has 2 N–H and O–H groups in total. The monoisotopic (exact) mass is 301 g/mol. The van der Waals surface area contributed by atoms with Gasteiger partial charge in [0.05, 0.1) is 11.5 Å². The normalized spacial score (nSPS) is 13.2. The first-order valence-corrected chi connectivity index (χ1v) is 8.34. The molecule has 0 radical (unpaired) electrons. The fourth-order valence-electron chi connectivity index (χ4n) is 1.72. The molecule has 20 heavy (non-hydrogen) atoms. The minimum absolute atomic E-state index is 0.0650. The predicted molar refractivity (Wildman–Crippen MR) is 78.3 cm³/mol. The van der Waals surface area contributed by atoms with Crippen LogP contribution in [0.5, 0.6) is 5.75 Å². The Morgan fingerprint density at radius 1 is 1.30 bits per heavy atom. The largest absolute Gasteiger partial charge is 0.494 e. The summed E-state index contributed by atoms with van der Waals surface area (Å²) in [5.41, 5.74) is 0. The van der Waals surface area contributed by atoms with Crippen molar-refractivity contribution in [1.82, 2.24) is 4.72 Å². The van der Waals surface area contributed by atoms with E-state index < -0.39 is 10.0 Å². The van der Waals surface area contributed by atoms with E-state index in [1.54, 1.807) is 19.1 Å². The second-order valence-corrected chi connectivity index (χ2v) is 6.42. The van der Waals surface area contributed by atoms with Gasteiger partial charge in [-0.05, 0) is 50.5 Å². The Morgan fingerprint density at radius 2 is 1.95 bits per heavy atom. The lowest BCUT2D eigenvalue weighted by molar-refractivity contribution is 0.279. The Labute approximate surface area is 121 Å². The van der Waals surface area contributed by atoms with Crippen LogP contribution < -0.4 is 9.46 Å². The molecule has 0 fully saturated rings. The summed E-state index contributed by atoms with van der Waals surface area (Å²) in [7, 11) is -3.51. The van der Waals surface area contributed by atoms with Gasteiger partial charge in [0, 0.05) is 12.6 Å². The topological polar surface area (TPSA) is 75.6 Å². The van der Waals surface area contributed by atoms with Crippen molar-refractivity contribution in [3.05, 3.63) is 24.3 Å². The highest BCUT2D eigenvalue weighted by Gasteiger charge is 2.17. The van der Waals surface area contributed by atoms with E-state index >= 15 is 0 Å². The van der Waals surface area contributed by atoms with Crippen molar-refractivity contribution in [2.75, 3.05) is 13.2 Å². The fourth-order valence-corrected chi connectivity index (χ4v) is 3.00. The molecule has 1 rings (SSSR count).